The van der Waals surface area contributed by atoms with Gasteiger partial charge in [0.2, 0.25) is 0 Å². The van der Waals surface area contributed by atoms with Crippen molar-refractivity contribution < 1.29 is 5.11 Å². The van der Waals surface area contributed by atoms with Gasteiger partial charge in [-0.1, -0.05) is 19.9 Å². The van der Waals surface area contributed by atoms with Gasteiger partial charge in [-0.2, -0.15) is 0 Å². The molecule has 2 rings (SSSR count). The molecule has 0 aromatic heterocycles. The van der Waals surface area contributed by atoms with E-state index >= 15 is 0 Å². The van der Waals surface area contributed by atoms with Gasteiger partial charge in [0, 0.05) is 5.66 Å². The SMILES string of the molecule is CPC(c1ccc(O)c2c1CCCC2)C(C)C. The molecule has 2 heteroatoms. The average molecular weight is 250 g/mol. The van der Waals surface area contributed by atoms with Crippen molar-refractivity contribution in [2.24, 2.45) is 5.92 Å². The number of fused-ring (bicyclic) bond motifs is 1. The van der Waals surface area contributed by atoms with Gasteiger partial charge in [-0.15, -0.1) is 8.58 Å². The molecule has 2 atom stereocenters. The number of rotatable bonds is 3. The summed E-state index contributed by atoms with van der Waals surface area (Å²) in [5.74, 6) is 1.21. The third-order valence-electron chi connectivity index (χ3n) is 3.86. The molecule has 0 spiro atoms. The Kier molecular flexibility index (Phi) is 4.09. The van der Waals surface area contributed by atoms with Gasteiger partial charge >= 0.3 is 0 Å². The van der Waals surface area contributed by atoms with E-state index in [4.69, 9.17) is 0 Å². The highest BCUT2D eigenvalue weighted by atomic mass is 31.1. The van der Waals surface area contributed by atoms with E-state index in [2.05, 4.69) is 26.6 Å². The highest BCUT2D eigenvalue weighted by molar-refractivity contribution is 7.37. The Labute approximate surface area is 106 Å². The van der Waals surface area contributed by atoms with Crippen LogP contribution < -0.4 is 0 Å². The molecule has 0 amide bonds. The monoisotopic (exact) mass is 250 g/mol. The van der Waals surface area contributed by atoms with E-state index in [0.29, 0.717) is 17.3 Å². The lowest BCUT2D eigenvalue weighted by molar-refractivity contribution is 0.460. The van der Waals surface area contributed by atoms with Gasteiger partial charge in [-0.3, -0.25) is 0 Å². The fourth-order valence-corrected chi connectivity index (χ4v) is 4.26. The van der Waals surface area contributed by atoms with Crippen LogP contribution in [0.15, 0.2) is 12.1 Å². The molecular weight excluding hydrogens is 227 g/mol. The van der Waals surface area contributed by atoms with Crippen molar-refractivity contribution in [1.82, 2.24) is 0 Å². The molecule has 0 saturated carbocycles. The van der Waals surface area contributed by atoms with Crippen molar-refractivity contribution in [3.63, 3.8) is 0 Å². The summed E-state index contributed by atoms with van der Waals surface area (Å²) in [5.41, 5.74) is 4.87. The summed E-state index contributed by atoms with van der Waals surface area (Å²) >= 11 is 0. The molecule has 0 fully saturated rings. The summed E-state index contributed by atoms with van der Waals surface area (Å²) < 4.78 is 0. The quantitative estimate of drug-likeness (QED) is 0.794. The van der Waals surface area contributed by atoms with Crippen LogP contribution in [0.1, 0.15) is 49.0 Å². The summed E-state index contributed by atoms with van der Waals surface area (Å²) in [5, 5.41) is 9.98. The summed E-state index contributed by atoms with van der Waals surface area (Å²) in [6.07, 6.45) is 4.73. The van der Waals surface area contributed by atoms with Crippen LogP contribution in [0.4, 0.5) is 0 Å². The second kappa shape index (κ2) is 5.40. The van der Waals surface area contributed by atoms with E-state index in [1.54, 1.807) is 0 Å². The van der Waals surface area contributed by atoms with Crippen LogP contribution in [0.3, 0.4) is 0 Å². The predicted molar refractivity (Wildman–Crippen MR) is 76.6 cm³/mol. The van der Waals surface area contributed by atoms with E-state index in [-0.39, 0.29) is 0 Å². The fourth-order valence-electron chi connectivity index (χ4n) is 3.02. The van der Waals surface area contributed by atoms with Gasteiger partial charge in [0.15, 0.2) is 0 Å². The highest BCUT2D eigenvalue weighted by Crippen LogP contribution is 2.43. The lowest BCUT2D eigenvalue weighted by Gasteiger charge is -2.27. The minimum atomic E-state index is 0.519. The van der Waals surface area contributed by atoms with Gasteiger partial charge in [0.25, 0.3) is 0 Å². The number of aromatic hydroxyl groups is 1. The summed E-state index contributed by atoms with van der Waals surface area (Å²) in [6.45, 7) is 6.92. The maximum absolute atomic E-state index is 9.98. The van der Waals surface area contributed by atoms with Crippen LogP contribution in [0.2, 0.25) is 0 Å². The molecule has 1 aromatic carbocycles. The largest absolute Gasteiger partial charge is 0.508 e. The van der Waals surface area contributed by atoms with Crippen molar-refractivity contribution in [1.29, 1.82) is 0 Å². The van der Waals surface area contributed by atoms with Gasteiger partial charge in [-0.05, 0) is 61.0 Å². The highest BCUT2D eigenvalue weighted by Gasteiger charge is 2.22. The third kappa shape index (κ3) is 2.50. The second-order valence-electron chi connectivity index (χ2n) is 5.35. The Balaban J connectivity index is 2.47. The zero-order chi connectivity index (χ0) is 12.4. The van der Waals surface area contributed by atoms with Crippen LogP contribution in [-0.2, 0) is 12.8 Å². The molecule has 17 heavy (non-hydrogen) atoms. The summed E-state index contributed by atoms with van der Waals surface area (Å²) in [4.78, 5) is 0. The van der Waals surface area contributed by atoms with Crippen LogP contribution >= 0.6 is 8.58 Å². The molecule has 0 bridgehead atoms. The first-order chi connectivity index (χ1) is 8.15. The van der Waals surface area contributed by atoms with E-state index in [9.17, 15) is 5.11 Å². The molecule has 1 aromatic rings. The number of hydrogen-bond donors (Lipinski definition) is 1. The minimum Gasteiger partial charge on any atom is -0.508 e. The first-order valence-electron chi connectivity index (χ1n) is 6.66. The number of hydrogen-bond acceptors (Lipinski definition) is 1. The standard InChI is InChI=1S/C15H23OP/c1-10(2)15(17-3)13-8-9-14(16)12-7-5-4-6-11(12)13/h8-10,15-17H,4-7H2,1-3H3. The predicted octanol–water partition coefficient (Wildman–Crippen LogP) is 4.28. The topological polar surface area (TPSA) is 20.2 Å². The van der Waals surface area contributed by atoms with Gasteiger partial charge in [-0.25, -0.2) is 0 Å². The van der Waals surface area contributed by atoms with Crippen molar-refractivity contribution in [3.8, 4) is 5.75 Å². The van der Waals surface area contributed by atoms with Crippen LogP contribution in [0.5, 0.6) is 5.75 Å². The lowest BCUT2D eigenvalue weighted by atomic mass is 9.85. The number of benzene rings is 1. The Bertz CT molecular complexity index is 398. The Morgan fingerprint density at radius 2 is 1.76 bits per heavy atom. The molecule has 1 nitrogen and oxygen atoms in total. The Morgan fingerprint density at radius 3 is 2.35 bits per heavy atom. The molecular formula is C15H23OP. The number of phenols is 1. The summed E-state index contributed by atoms with van der Waals surface area (Å²) in [7, 11) is 0.943. The van der Waals surface area contributed by atoms with Crippen LogP contribution in [-0.4, -0.2) is 11.8 Å². The second-order valence-corrected chi connectivity index (χ2v) is 6.55. The van der Waals surface area contributed by atoms with E-state index in [0.717, 1.165) is 21.4 Å². The minimum absolute atomic E-state index is 0.519. The summed E-state index contributed by atoms with van der Waals surface area (Å²) in [6, 6.07) is 4.08. The van der Waals surface area contributed by atoms with Crippen LogP contribution in [0.25, 0.3) is 0 Å². The van der Waals surface area contributed by atoms with Crippen molar-refractivity contribution in [3.05, 3.63) is 28.8 Å². The first-order valence-corrected chi connectivity index (χ1v) is 8.23. The maximum atomic E-state index is 9.98. The van der Waals surface area contributed by atoms with Crippen molar-refractivity contribution in [2.75, 3.05) is 6.66 Å². The smallest absolute Gasteiger partial charge is 0.119 e. The molecule has 0 aliphatic heterocycles. The first kappa shape index (κ1) is 12.9. The molecule has 0 heterocycles. The molecule has 1 aliphatic rings. The third-order valence-corrected chi connectivity index (χ3v) is 5.46. The lowest BCUT2D eigenvalue weighted by Crippen LogP contribution is -2.11. The van der Waals surface area contributed by atoms with E-state index in [1.807, 2.05) is 6.07 Å². The molecule has 0 radical (unpaired) electrons. The Hall–Kier alpha value is -0.550. The van der Waals surface area contributed by atoms with E-state index < -0.39 is 0 Å². The van der Waals surface area contributed by atoms with Crippen molar-refractivity contribution in [2.45, 2.75) is 45.2 Å². The zero-order valence-electron chi connectivity index (χ0n) is 11.1. The molecule has 94 valence electrons. The molecule has 0 saturated heterocycles. The van der Waals surface area contributed by atoms with Crippen LogP contribution in [0, 0.1) is 5.92 Å². The molecule has 2 unspecified atom stereocenters. The normalized spacial score (nSPS) is 17.6. The van der Waals surface area contributed by atoms with Gasteiger partial charge in [0.1, 0.15) is 5.75 Å². The average Bonchev–Trinajstić information content (AvgIpc) is 2.33. The fraction of sp³-hybridized carbons (Fsp3) is 0.600. The Morgan fingerprint density at radius 1 is 1.12 bits per heavy atom. The van der Waals surface area contributed by atoms with Crippen molar-refractivity contribution >= 4 is 8.58 Å². The van der Waals surface area contributed by atoms with Gasteiger partial charge < -0.3 is 5.11 Å². The maximum Gasteiger partial charge on any atom is 0.119 e. The number of phenolic OH excluding ortho intramolecular Hbond substituents is 1. The molecule has 1 N–H and O–H groups in total. The van der Waals surface area contributed by atoms with Gasteiger partial charge in [0.05, 0.1) is 0 Å². The molecule has 1 aliphatic carbocycles. The zero-order valence-corrected chi connectivity index (χ0v) is 12.1. The van der Waals surface area contributed by atoms with E-state index in [1.165, 1.54) is 29.5 Å².